The number of fused-ring (bicyclic) bond motifs is 1. The van der Waals surface area contributed by atoms with E-state index in [0.29, 0.717) is 42.7 Å². The van der Waals surface area contributed by atoms with Crippen LogP contribution >= 0.6 is 11.3 Å². The Morgan fingerprint density at radius 3 is 2.77 bits per heavy atom. The van der Waals surface area contributed by atoms with Crippen molar-refractivity contribution < 1.29 is 18.8 Å². The van der Waals surface area contributed by atoms with Crippen molar-refractivity contribution in [1.29, 1.82) is 0 Å². The fraction of sp³-hybridized carbons (Fsp3) is 0.300. The Kier molecular flexibility index (Phi) is 5.66. The second kappa shape index (κ2) is 8.54. The van der Waals surface area contributed by atoms with Gasteiger partial charge >= 0.3 is 6.03 Å². The molecule has 0 bridgehead atoms. The van der Waals surface area contributed by atoms with Crippen LogP contribution in [0.5, 0.6) is 5.75 Å². The largest absolute Gasteiger partial charge is 0.494 e. The molecule has 1 aliphatic heterocycles. The molecule has 1 aromatic carbocycles. The van der Waals surface area contributed by atoms with E-state index < -0.39 is 0 Å². The van der Waals surface area contributed by atoms with Crippen molar-refractivity contribution in [3.05, 3.63) is 52.4 Å². The van der Waals surface area contributed by atoms with E-state index in [1.807, 2.05) is 31.2 Å². The average Bonchev–Trinajstić information content (AvgIpc) is 3.34. The van der Waals surface area contributed by atoms with Gasteiger partial charge < -0.3 is 19.5 Å². The third-order valence-electron chi connectivity index (χ3n) is 4.52. The first kappa shape index (κ1) is 19.9. The van der Waals surface area contributed by atoms with Crippen molar-refractivity contribution >= 4 is 34.1 Å². The van der Waals surface area contributed by atoms with Crippen molar-refractivity contribution in [3.63, 3.8) is 0 Å². The predicted octanol–water partition coefficient (Wildman–Crippen LogP) is 3.68. The van der Waals surface area contributed by atoms with Gasteiger partial charge in [0.25, 0.3) is 5.91 Å². The maximum absolute atomic E-state index is 12.6. The maximum atomic E-state index is 12.6. The molecule has 3 amide bonds. The van der Waals surface area contributed by atoms with Gasteiger partial charge in [0.1, 0.15) is 11.5 Å². The second-order valence-electron chi connectivity index (χ2n) is 6.72. The van der Waals surface area contributed by atoms with Crippen molar-refractivity contribution in [2.45, 2.75) is 26.8 Å². The number of nitrogens with one attached hydrogen (secondary N) is 2. The summed E-state index contributed by atoms with van der Waals surface area (Å²) in [5.74, 6) is 0.953. The van der Waals surface area contributed by atoms with Gasteiger partial charge in [-0.2, -0.15) is 0 Å². The number of hydrogen-bond acceptors (Lipinski definition) is 7. The number of amides is 3. The number of nitrogens with zero attached hydrogens (tertiary/aromatic N) is 3. The SMILES string of the molecule is CCOc1ccc(NC(=O)N2CCc3nc(NC(=O)c4cc(C)on4)sc3C2)cc1. The molecule has 9 nitrogen and oxygen atoms in total. The van der Waals surface area contributed by atoms with Crippen LogP contribution in [-0.4, -0.2) is 40.1 Å². The normalized spacial score (nSPS) is 12.9. The van der Waals surface area contributed by atoms with Crippen LogP contribution in [0.2, 0.25) is 0 Å². The zero-order chi connectivity index (χ0) is 21.1. The number of carbonyl (C=O) groups excluding carboxylic acids is 2. The summed E-state index contributed by atoms with van der Waals surface area (Å²) >= 11 is 1.36. The highest BCUT2D eigenvalue weighted by Gasteiger charge is 2.25. The molecule has 0 radical (unpaired) electrons. The Hall–Kier alpha value is -3.40. The highest BCUT2D eigenvalue weighted by molar-refractivity contribution is 7.15. The third kappa shape index (κ3) is 4.43. The van der Waals surface area contributed by atoms with E-state index in [0.717, 1.165) is 16.3 Å². The van der Waals surface area contributed by atoms with E-state index in [4.69, 9.17) is 9.26 Å². The van der Waals surface area contributed by atoms with Gasteiger partial charge in [-0.3, -0.25) is 10.1 Å². The Morgan fingerprint density at radius 1 is 1.27 bits per heavy atom. The summed E-state index contributed by atoms with van der Waals surface area (Å²) in [7, 11) is 0. The van der Waals surface area contributed by atoms with Crippen LogP contribution in [0.25, 0.3) is 0 Å². The molecule has 30 heavy (non-hydrogen) atoms. The van der Waals surface area contributed by atoms with Crippen molar-refractivity contribution in [2.75, 3.05) is 23.8 Å². The molecule has 3 aromatic rings. The number of aryl methyl sites for hydroxylation is 1. The quantitative estimate of drug-likeness (QED) is 0.643. The van der Waals surface area contributed by atoms with Gasteiger partial charge in [0, 0.05) is 29.6 Å². The number of aromatic nitrogens is 2. The molecule has 156 valence electrons. The summed E-state index contributed by atoms with van der Waals surface area (Å²) in [6.45, 7) is 5.23. The minimum atomic E-state index is -0.372. The molecule has 4 rings (SSSR count). The zero-order valence-electron chi connectivity index (χ0n) is 16.6. The van der Waals surface area contributed by atoms with Crippen molar-refractivity contribution in [2.24, 2.45) is 0 Å². The Morgan fingerprint density at radius 2 is 2.07 bits per heavy atom. The second-order valence-corrected chi connectivity index (χ2v) is 7.81. The first-order chi connectivity index (χ1) is 14.5. The number of anilines is 2. The van der Waals surface area contributed by atoms with Crippen LogP contribution in [0, 0.1) is 6.92 Å². The third-order valence-corrected chi connectivity index (χ3v) is 5.51. The van der Waals surface area contributed by atoms with Gasteiger partial charge in [-0.1, -0.05) is 16.5 Å². The number of hydrogen-bond donors (Lipinski definition) is 2. The van der Waals surface area contributed by atoms with Gasteiger partial charge in [0.2, 0.25) is 0 Å². The number of ether oxygens (including phenoxy) is 1. The molecule has 1 aliphatic rings. The van der Waals surface area contributed by atoms with Crippen LogP contribution in [-0.2, 0) is 13.0 Å². The number of urea groups is 1. The lowest BCUT2D eigenvalue weighted by Gasteiger charge is -2.26. The van der Waals surface area contributed by atoms with Gasteiger partial charge in [-0.25, -0.2) is 9.78 Å². The van der Waals surface area contributed by atoms with Crippen LogP contribution in [0.15, 0.2) is 34.9 Å². The standard InChI is InChI=1S/C20H21N5O4S/c1-3-28-14-6-4-13(5-7-14)21-20(27)25-9-8-15-17(11-25)30-19(22-15)23-18(26)16-10-12(2)29-24-16/h4-7,10H,3,8-9,11H2,1-2H3,(H,21,27)(H,22,23,26). The van der Waals surface area contributed by atoms with E-state index >= 15 is 0 Å². The summed E-state index contributed by atoms with van der Waals surface area (Å²) in [6, 6.07) is 8.65. The molecular formula is C20H21N5O4S. The van der Waals surface area contributed by atoms with E-state index in [-0.39, 0.29) is 17.6 Å². The lowest BCUT2D eigenvalue weighted by molar-refractivity contribution is 0.101. The van der Waals surface area contributed by atoms with Crippen LogP contribution in [0.1, 0.15) is 33.7 Å². The topological polar surface area (TPSA) is 110 Å². The predicted molar refractivity (Wildman–Crippen MR) is 112 cm³/mol. The fourth-order valence-corrected chi connectivity index (χ4v) is 4.08. The molecule has 2 aromatic heterocycles. The summed E-state index contributed by atoms with van der Waals surface area (Å²) in [4.78, 5) is 32.0. The molecule has 2 N–H and O–H groups in total. The molecule has 0 unspecified atom stereocenters. The zero-order valence-corrected chi connectivity index (χ0v) is 17.4. The summed E-state index contributed by atoms with van der Waals surface area (Å²) in [5.41, 5.74) is 1.81. The van der Waals surface area contributed by atoms with E-state index in [2.05, 4.69) is 20.8 Å². The molecule has 0 saturated heterocycles. The fourth-order valence-electron chi connectivity index (χ4n) is 3.06. The molecule has 0 atom stereocenters. The minimum Gasteiger partial charge on any atom is -0.494 e. The molecule has 0 spiro atoms. The molecule has 0 saturated carbocycles. The Bertz CT molecular complexity index is 1060. The summed E-state index contributed by atoms with van der Waals surface area (Å²) in [5, 5.41) is 9.84. The number of benzene rings is 1. The monoisotopic (exact) mass is 427 g/mol. The molecule has 0 fully saturated rings. The first-order valence-electron chi connectivity index (χ1n) is 9.54. The average molecular weight is 427 g/mol. The highest BCUT2D eigenvalue weighted by Crippen LogP contribution is 2.29. The number of rotatable bonds is 5. The van der Waals surface area contributed by atoms with Crippen LogP contribution < -0.4 is 15.4 Å². The smallest absolute Gasteiger partial charge is 0.322 e. The minimum absolute atomic E-state index is 0.179. The Labute approximate surface area is 177 Å². The number of thiazole rings is 1. The molecule has 3 heterocycles. The lowest BCUT2D eigenvalue weighted by Crippen LogP contribution is -2.38. The van der Waals surface area contributed by atoms with Gasteiger partial charge in [-0.15, -0.1) is 0 Å². The van der Waals surface area contributed by atoms with Crippen LogP contribution in [0.4, 0.5) is 15.6 Å². The van der Waals surface area contributed by atoms with Gasteiger partial charge in [-0.05, 0) is 38.1 Å². The van der Waals surface area contributed by atoms with E-state index in [1.54, 1.807) is 17.9 Å². The Balaban J connectivity index is 1.37. The maximum Gasteiger partial charge on any atom is 0.322 e. The van der Waals surface area contributed by atoms with E-state index in [9.17, 15) is 9.59 Å². The highest BCUT2D eigenvalue weighted by atomic mass is 32.1. The van der Waals surface area contributed by atoms with Crippen LogP contribution in [0.3, 0.4) is 0 Å². The van der Waals surface area contributed by atoms with Gasteiger partial charge in [0.05, 0.1) is 18.8 Å². The molecule has 0 aliphatic carbocycles. The molecular weight excluding hydrogens is 406 g/mol. The van der Waals surface area contributed by atoms with E-state index in [1.165, 1.54) is 11.3 Å². The lowest BCUT2D eigenvalue weighted by atomic mass is 10.2. The first-order valence-corrected chi connectivity index (χ1v) is 10.4. The number of carbonyl (C=O) groups is 2. The van der Waals surface area contributed by atoms with Crippen molar-refractivity contribution in [1.82, 2.24) is 15.0 Å². The molecule has 10 heteroatoms. The van der Waals surface area contributed by atoms with Crippen molar-refractivity contribution in [3.8, 4) is 5.75 Å². The van der Waals surface area contributed by atoms with Gasteiger partial charge in [0.15, 0.2) is 10.8 Å². The summed E-state index contributed by atoms with van der Waals surface area (Å²) in [6.07, 6.45) is 0.626. The summed E-state index contributed by atoms with van der Waals surface area (Å²) < 4.78 is 10.3.